The predicted octanol–water partition coefficient (Wildman–Crippen LogP) is 3.24. The van der Waals surface area contributed by atoms with Crippen molar-refractivity contribution in [2.45, 2.75) is 26.5 Å². The molecule has 2 N–H and O–H groups in total. The minimum atomic E-state index is -0.0481. The number of aliphatic imine (C=N–C) groups is 1. The van der Waals surface area contributed by atoms with Gasteiger partial charge in [-0.1, -0.05) is 12.1 Å². The molecule has 8 heteroatoms. The largest absolute Gasteiger partial charge is 0.497 e. The van der Waals surface area contributed by atoms with E-state index in [-0.39, 0.29) is 30.1 Å². The molecule has 0 aliphatic carbocycles. The summed E-state index contributed by atoms with van der Waals surface area (Å²) < 4.78 is 16.7. The third-order valence-corrected chi connectivity index (χ3v) is 3.74. The van der Waals surface area contributed by atoms with Gasteiger partial charge >= 0.3 is 0 Å². The molecule has 0 saturated carbocycles. The van der Waals surface area contributed by atoms with Gasteiger partial charge in [-0.3, -0.25) is 4.99 Å². The molecule has 1 unspecified atom stereocenters. The molecule has 0 fully saturated rings. The van der Waals surface area contributed by atoms with Gasteiger partial charge in [-0.2, -0.15) is 0 Å². The molecule has 0 saturated heterocycles. The summed E-state index contributed by atoms with van der Waals surface area (Å²) in [6.07, 6.45) is 1.67. The molecule has 0 aliphatic heterocycles. The van der Waals surface area contributed by atoms with E-state index in [4.69, 9.17) is 14.2 Å². The fourth-order valence-electron chi connectivity index (χ4n) is 2.41. The van der Waals surface area contributed by atoms with Crippen molar-refractivity contribution in [1.29, 1.82) is 0 Å². The Morgan fingerprint density at radius 2 is 1.96 bits per heavy atom. The van der Waals surface area contributed by atoms with Gasteiger partial charge in [-0.25, -0.2) is 4.98 Å². The first-order valence-corrected chi connectivity index (χ1v) is 8.98. The molecule has 1 aromatic heterocycles. The molecule has 0 spiro atoms. The number of nitrogens with one attached hydrogen (secondary N) is 2. The highest BCUT2D eigenvalue weighted by atomic mass is 127. The Hall–Kier alpha value is -2.23. The van der Waals surface area contributed by atoms with E-state index in [1.807, 2.05) is 50.2 Å². The van der Waals surface area contributed by atoms with Crippen molar-refractivity contribution in [3.05, 3.63) is 48.2 Å². The summed E-state index contributed by atoms with van der Waals surface area (Å²) in [6, 6.07) is 11.4. The molecule has 0 amide bonds. The Morgan fingerprint density at radius 1 is 1.18 bits per heavy atom. The van der Waals surface area contributed by atoms with Gasteiger partial charge in [0.25, 0.3) is 0 Å². The van der Waals surface area contributed by atoms with E-state index in [9.17, 15) is 0 Å². The third-order valence-electron chi connectivity index (χ3n) is 3.74. The molecule has 0 radical (unpaired) electrons. The first-order chi connectivity index (χ1) is 13.2. The fraction of sp³-hybridized carbons (Fsp3) is 0.400. The van der Waals surface area contributed by atoms with Crippen LogP contribution in [0.3, 0.4) is 0 Å². The normalized spacial score (nSPS) is 11.8. The summed E-state index contributed by atoms with van der Waals surface area (Å²) in [5, 5.41) is 6.53. The predicted molar refractivity (Wildman–Crippen MR) is 122 cm³/mol. The van der Waals surface area contributed by atoms with Crippen LogP contribution in [0.4, 0.5) is 0 Å². The topological polar surface area (TPSA) is 77.0 Å². The van der Waals surface area contributed by atoms with Crippen LogP contribution in [0.1, 0.15) is 19.4 Å². The van der Waals surface area contributed by atoms with Gasteiger partial charge in [0.2, 0.25) is 5.88 Å². The van der Waals surface area contributed by atoms with Crippen LogP contribution in [0, 0.1) is 0 Å². The molecule has 0 aliphatic rings. The number of rotatable bonds is 9. The van der Waals surface area contributed by atoms with Crippen molar-refractivity contribution < 1.29 is 14.2 Å². The lowest BCUT2D eigenvalue weighted by atomic mass is 10.2. The SMILES string of the molecule is CCOc1ncccc1CNC(=NC)NCC(C)Oc1cccc(OC)c1.I. The highest BCUT2D eigenvalue weighted by molar-refractivity contribution is 14.0. The molecular weight excluding hydrogens is 471 g/mol. The summed E-state index contributed by atoms with van der Waals surface area (Å²) in [5.74, 6) is 2.86. The lowest BCUT2D eigenvalue weighted by Gasteiger charge is -2.18. The maximum atomic E-state index is 5.91. The number of halogens is 1. The lowest BCUT2D eigenvalue weighted by Crippen LogP contribution is -2.41. The van der Waals surface area contributed by atoms with Crippen molar-refractivity contribution in [2.75, 3.05) is 27.3 Å². The summed E-state index contributed by atoms with van der Waals surface area (Å²) in [6.45, 7) is 5.68. The summed E-state index contributed by atoms with van der Waals surface area (Å²) in [7, 11) is 3.37. The van der Waals surface area contributed by atoms with Crippen LogP contribution < -0.4 is 24.8 Å². The van der Waals surface area contributed by atoms with E-state index in [0.29, 0.717) is 31.5 Å². The van der Waals surface area contributed by atoms with Crippen molar-refractivity contribution >= 4 is 29.9 Å². The standard InChI is InChI=1S/C20H28N4O3.HI/c1-5-26-19-16(8-7-11-22-19)14-24-20(21-3)23-13-15(2)27-18-10-6-9-17(12-18)25-4;/h6-12,15H,5,13-14H2,1-4H3,(H2,21,23,24);1H. The van der Waals surface area contributed by atoms with Gasteiger partial charge < -0.3 is 24.8 Å². The van der Waals surface area contributed by atoms with Crippen molar-refractivity contribution in [1.82, 2.24) is 15.6 Å². The molecule has 1 aromatic carbocycles. The van der Waals surface area contributed by atoms with Crippen LogP contribution >= 0.6 is 24.0 Å². The number of hydrogen-bond acceptors (Lipinski definition) is 5. The van der Waals surface area contributed by atoms with Crippen LogP contribution in [0.5, 0.6) is 17.4 Å². The number of aromatic nitrogens is 1. The molecule has 154 valence electrons. The smallest absolute Gasteiger partial charge is 0.218 e. The monoisotopic (exact) mass is 500 g/mol. The van der Waals surface area contributed by atoms with Crippen molar-refractivity contribution in [3.63, 3.8) is 0 Å². The third kappa shape index (κ3) is 7.79. The Morgan fingerprint density at radius 3 is 2.68 bits per heavy atom. The number of pyridine rings is 1. The van der Waals surface area contributed by atoms with Crippen LogP contribution in [-0.4, -0.2) is 44.4 Å². The molecule has 7 nitrogen and oxygen atoms in total. The maximum absolute atomic E-state index is 5.91. The summed E-state index contributed by atoms with van der Waals surface area (Å²) in [5.41, 5.74) is 0.975. The van der Waals surface area contributed by atoms with Crippen molar-refractivity contribution in [3.8, 4) is 17.4 Å². The molecule has 2 rings (SSSR count). The Kier molecular flexibility index (Phi) is 11.1. The number of methoxy groups -OCH3 is 1. The second-order valence-corrected chi connectivity index (χ2v) is 5.81. The van der Waals surface area contributed by atoms with E-state index in [2.05, 4.69) is 20.6 Å². The number of hydrogen-bond donors (Lipinski definition) is 2. The number of guanidine groups is 1. The Labute approximate surface area is 183 Å². The molecule has 1 atom stereocenters. The highest BCUT2D eigenvalue weighted by Gasteiger charge is 2.08. The Bertz CT molecular complexity index is 743. The van der Waals surface area contributed by atoms with E-state index in [1.54, 1.807) is 20.4 Å². The van der Waals surface area contributed by atoms with Crippen LogP contribution in [0.25, 0.3) is 0 Å². The van der Waals surface area contributed by atoms with Gasteiger partial charge in [0.05, 0.1) is 20.3 Å². The average Bonchev–Trinajstić information content (AvgIpc) is 2.69. The molecular formula is C20H29IN4O3. The van der Waals surface area contributed by atoms with Gasteiger partial charge in [-0.05, 0) is 32.0 Å². The minimum Gasteiger partial charge on any atom is -0.497 e. The quantitative estimate of drug-likeness (QED) is 0.313. The van der Waals surface area contributed by atoms with Gasteiger partial charge in [-0.15, -0.1) is 24.0 Å². The van der Waals surface area contributed by atoms with E-state index in [1.165, 1.54) is 0 Å². The first-order valence-electron chi connectivity index (χ1n) is 8.98. The van der Waals surface area contributed by atoms with Crippen LogP contribution in [0.15, 0.2) is 47.6 Å². The van der Waals surface area contributed by atoms with Gasteiger partial charge in [0.1, 0.15) is 17.6 Å². The van der Waals surface area contributed by atoms with Crippen molar-refractivity contribution in [2.24, 2.45) is 4.99 Å². The zero-order valence-electron chi connectivity index (χ0n) is 16.8. The molecule has 0 bridgehead atoms. The van der Waals surface area contributed by atoms with E-state index >= 15 is 0 Å². The Balaban J connectivity index is 0.00000392. The minimum absolute atomic E-state index is 0. The zero-order chi connectivity index (χ0) is 19.5. The summed E-state index contributed by atoms with van der Waals surface area (Å²) in [4.78, 5) is 8.50. The van der Waals surface area contributed by atoms with Gasteiger partial charge in [0, 0.05) is 31.4 Å². The average molecular weight is 500 g/mol. The molecule has 28 heavy (non-hydrogen) atoms. The van der Waals surface area contributed by atoms with Crippen LogP contribution in [0.2, 0.25) is 0 Å². The van der Waals surface area contributed by atoms with Gasteiger partial charge in [0.15, 0.2) is 5.96 Å². The number of ether oxygens (including phenoxy) is 3. The molecule has 2 aromatic rings. The lowest BCUT2D eigenvalue weighted by molar-refractivity contribution is 0.223. The first kappa shape index (κ1) is 23.8. The second kappa shape index (κ2) is 13.0. The maximum Gasteiger partial charge on any atom is 0.218 e. The summed E-state index contributed by atoms with van der Waals surface area (Å²) >= 11 is 0. The molecule has 1 heterocycles. The van der Waals surface area contributed by atoms with E-state index < -0.39 is 0 Å². The highest BCUT2D eigenvalue weighted by Crippen LogP contribution is 2.19. The van der Waals surface area contributed by atoms with Crippen LogP contribution in [-0.2, 0) is 6.54 Å². The number of benzene rings is 1. The number of nitrogens with zero attached hydrogens (tertiary/aromatic N) is 2. The second-order valence-electron chi connectivity index (χ2n) is 5.81. The van der Waals surface area contributed by atoms with E-state index in [0.717, 1.165) is 17.1 Å². The fourth-order valence-corrected chi connectivity index (χ4v) is 2.41. The zero-order valence-corrected chi connectivity index (χ0v) is 19.1.